The third-order valence-electron chi connectivity index (χ3n) is 5.02. The topological polar surface area (TPSA) is 50.5 Å². The number of aldehydes is 1. The summed E-state index contributed by atoms with van der Waals surface area (Å²) >= 11 is 0. The molecule has 126 valence electrons. The molecule has 0 radical (unpaired) electrons. The van der Waals surface area contributed by atoms with Crippen molar-refractivity contribution in [1.82, 2.24) is 4.90 Å². The number of piperidine rings is 1. The van der Waals surface area contributed by atoms with Gasteiger partial charge in [0.25, 0.3) is 5.91 Å². The molecular formula is C20H23NO3. The molecule has 1 aliphatic heterocycles. The van der Waals surface area contributed by atoms with Crippen molar-refractivity contribution in [2.45, 2.75) is 45.6 Å². The van der Waals surface area contributed by atoms with Crippen molar-refractivity contribution in [2.24, 2.45) is 0 Å². The number of benzene rings is 1. The second-order valence-electron chi connectivity index (χ2n) is 6.67. The molecule has 1 amide bonds. The minimum Gasteiger partial charge on any atom is -0.465 e. The number of hydrogen-bond donors (Lipinski definition) is 0. The van der Waals surface area contributed by atoms with E-state index in [-0.39, 0.29) is 17.9 Å². The minimum absolute atomic E-state index is 0.0733. The SMILES string of the molecule is Cc1ccccc1C(=O)N1C[C@H](c2cc(C=O)c(C)o2)CC[C@H]1C. The van der Waals surface area contributed by atoms with Gasteiger partial charge in [0.1, 0.15) is 11.5 Å². The maximum atomic E-state index is 13.0. The molecule has 2 aromatic rings. The summed E-state index contributed by atoms with van der Waals surface area (Å²) in [7, 11) is 0. The van der Waals surface area contributed by atoms with Gasteiger partial charge in [-0.15, -0.1) is 0 Å². The number of hydrogen-bond acceptors (Lipinski definition) is 3. The second-order valence-corrected chi connectivity index (χ2v) is 6.67. The van der Waals surface area contributed by atoms with Crippen molar-refractivity contribution in [2.75, 3.05) is 6.54 Å². The van der Waals surface area contributed by atoms with E-state index in [9.17, 15) is 9.59 Å². The number of aryl methyl sites for hydroxylation is 2. The van der Waals surface area contributed by atoms with Gasteiger partial charge in [0.2, 0.25) is 0 Å². The van der Waals surface area contributed by atoms with Crippen LogP contribution in [0.1, 0.15) is 63.5 Å². The molecule has 0 unspecified atom stereocenters. The lowest BCUT2D eigenvalue weighted by atomic mass is 9.90. The van der Waals surface area contributed by atoms with Crippen molar-refractivity contribution in [3.05, 3.63) is 58.5 Å². The van der Waals surface area contributed by atoms with Gasteiger partial charge in [-0.05, 0) is 51.3 Å². The number of nitrogens with zero attached hydrogens (tertiary/aromatic N) is 1. The van der Waals surface area contributed by atoms with Gasteiger partial charge in [0.05, 0.1) is 5.56 Å². The summed E-state index contributed by atoms with van der Waals surface area (Å²) in [4.78, 5) is 26.0. The summed E-state index contributed by atoms with van der Waals surface area (Å²) in [5, 5.41) is 0. The highest BCUT2D eigenvalue weighted by Gasteiger charge is 2.32. The van der Waals surface area contributed by atoms with E-state index in [0.29, 0.717) is 17.9 Å². The van der Waals surface area contributed by atoms with Crippen LogP contribution in [0.4, 0.5) is 0 Å². The summed E-state index contributed by atoms with van der Waals surface area (Å²) in [6.07, 6.45) is 2.71. The Balaban J connectivity index is 1.84. The standard InChI is InChI=1S/C20H23NO3/c1-13-6-4-5-7-18(13)20(23)21-11-16(9-8-14(21)2)19-10-17(12-22)15(3)24-19/h4-7,10,12,14,16H,8-9,11H2,1-3H3/t14-,16-/m1/s1. The van der Waals surface area contributed by atoms with Crippen molar-refractivity contribution in [3.63, 3.8) is 0 Å². The first-order valence-corrected chi connectivity index (χ1v) is 8.43. The number of likely N-dealkylation sites (tertiary alicyclic amines) is 1. The molecule has 1 fully saturated rings. The number of carbonyl (C=O) groups is 2. The van der Waals surface area contributed by atoms with Gasteiger partial charge in [-0.3, -0.25) is 9.59 Å². The van der Waals surface area contributed by atoms with E-state index in [1.807, 2.05) is 42.2 Å². The molecule has 0 saturated carbocycles. The zero-order chi connectivity index (χ0) is 17.3. The third-order valence-corrected chi connectivity index (χ3v) is 5.02. The Morgan fingerprint density at radius 2 is 2.00 bits per heavy atom. The van der Waals surface area contributed by atoms with E-state index in [0.717, 1.165) is 36.0 Å². The van der Waals surface area contributed by atoms with Crippen LogP contribution in [0.3, 0.4) is 0 Å². The van der Waals surface area contributed by atoms with Gasteiger partial charge in [-0.25, -0.2) is 0 Å². The molecule has 0 N–H and O–H groups in total. The molecule has 24 heavy (non-hydrogen) atoms. The maximum Gasteiger partial charge on any atom is 0.254 e. The predicted octanol–water partition coefficient (Wildman–Crippen LogP) is 4.12. The first-order chi connectivity index (χ1) is 11.5. The summed E-state index contributed by atoms with van der Waals surface area (Å²) in [5.74, 6) is 1.67. The fourth-order valence-electron chi connectivity index (χ4n) is 3.43. The molecule has 4 heteroatoms. The molecule has 0 spiro atoms. The zero-order valence-corrected chi connectivity index (χ0v) is 14.4. The molecule has 3 rings (SSSR count). The molecule has 0 aliphatic carbocycles. The first-order valence-electron chi connectivity index (χ1n) is 8.43. The zero-order valence-electron chi connectivity index (χ0n) is 14.4. The molecular weight excluding hydrogens is 302 g/mol. The number of furan rings is 1. The lowest BCUT2D eigenvalue weighted by Gasteiger charge is -2.37. The van der Waals surface area contributed by atoms with Gasteiger partial charge < -0.3 is 9.32 Å². The molecule has 2 atom stereocenters. The average molecular weight is 325 g/mol. The third kappa shape index (κ3) is 3.01. The summed E-state index contributed by atoms with van der Waals surface area (Å²) in [6.45, 7) is 6.48. The fourth-order valence-corrected chi connectivity index (χ4v) is 3.43. The molecule has 1 saturated heterocycles. The lowest BCUT2D eigenvalue weighted by molar-refractivity contribution is 0.0598. The first kappa shape index (κ1) is 16.5. The van der Waals surface area contributed by atoms with E-state index in [1.54, 1.807) is 6.92 Å². The quantitative estimate of drug-likeness (QED) is 0.798. The van der Waals surface area contributed by atoms with Crippen LogP contribution in [0.25, 0.3) is 0 Å². The largest absolute Gasteiger partial charge is 0.465 e. The summed E-state index contributed by atoms with van der Waals surface area (Å²) in [6, 6.07) is 9.72. The van der Waals surface area contributed by atoms with Gasteiger partial charge in [-0.1, -0.05) is 18.2 Å². The Labute approximate surface area is 142 Å². The highest BCUT2D eigenvalue weighted by Crippen LogP contribution is 2.33. The van der Waals surface area contributed by atoms with Crippen molar-refractivity contribution >= 4 is 12.2 Å². The van der Waals surface area contributed by atoms with Gasteiger partial charge >= 0.3 is 0 Å². The molecule has 1 aliphatic rings. The molecule has 1 aromatic carbocycles. The maximum absolute atomic E-state index is 13.0. The van der Waals surface area contributed by atoms with Crippen LogP contribution in [-0.4, -0.2) is 29.7 Å². The molecule has 1 aromatic heterocycles. The van der Waals surface area contributed by atoms with Crippen LogP contribution in [0.5, 0.6) is 0 Å². The van der Waals surface area contributed by atoms with Crippen LogP contribution in [0.15, 0.2) is 34.7 Å². The van der Waals surface area contributed by atoms with E-state index in [4.69, 9.17) is 4.42 Å². The highest BCUT2D eigenvalue weighted by molar-refractivity contribution is 5.96. The van der Waals surface area contributed by atoms with Crippen LogP contribution in [-0.2, 0) is 0 Å². The van der Waals surface area contributed by atoms with E-state index < -0.39 is 0 Å². The van der Waals surface area contributed by atoms with E-state index >= 15 is 0 Å². The van der Waals surface area contributed by atoms with E-state index in [1.165, 1.54) is 0 Å². The van der Waals surface area contributed by atoms with Crippen molar-refractivity contribution < 1.29 is 14.0 Å². The lowest BCUT2D eigenvalue weighted by Crippen LogP contribution is -2.45. The van der Waals surface area contributed by atoms with Crippen molar-refractivity contribution in [3.8, 4) is 0 Å². The van der Waals surface area contributed by atoms with Crippen LogP contribution >= 0.6 is 0 Å². The number of rotatable bonds is 3. The minimum atomic E-state index is 0.0733. The number of amides is 1. The average Bonchev–Trinajstić information content (AvgIpc) is 2.96. The second kappa shape index (κ2) is 6.63. The normalized spacial score (nSPS) is 20.9. The Kier molecular flexibility index (Phi) is 4.56. The molecule has 4 nitrogen and oxygen atoms in total. The van der Waals surface area contributed by atoms with Gasteiger partial charge in [-0.2, -0.15) is 0 Å². The Morgan fingerprint density at radius 3 is 2.67 bits per heavy atom. The highest BCUT2D eigenvalue weighted by atomic mass is 16.3. The van der Waals surface area contributed by atoms with Crippen molar-refractivity contribution in [1.29, 1.82) is 0 Å². The molecule has 0 bridgehead atoms. The summed E-state index contributed by atoms with van der Waals surface area (Å²) in [5.41, 5.74) is 2.35. The fraction of sp³-hybridized carbons (Fsp3) is 0.400. The molecule has 2 heterocycles. The number of carbonyl (C=O) groups excluding carboxylic acids is 2. The van der Waals surface area contributed by atoms with Gasteiger partial charge in [0.15, 0.2) is 6.29 Å². The summed E-state index contributed by atoms with van der Waals surface area (Å²) < 4.78 is 5.77. The monoisotopic (exact) mass is 325 g/mol. The Hall–Kier alpha value is -2.36. The van der Waals surface area contributed by atoms with Crippen LogP contribution in [0.2, 0.25) is 0 Å². The van der Waals surface area contributed by atoms with Crippen LogP contribution in [0, 0.1) is 13.8 Å². The predicted molar refractivity (Wildman–Crippen MR) is 92.5 cm³/mol. The smallest absolute Gasteiger partial charge is 0.254 e. The van der Waals surface area contributed by atoms with Crippen LogP contribution < -0.4 is 0 Å². The Bertz CT molecular complexity index is 762. The van der Waals surface area contributed by atoms with Gasteiger partial charge in [0, 0.05) is 24.1 Å². The Morgan fingerprint density at radius 1 is 1.25 bits per heavy atom. The van der Waals surface area contributed by atoms with E-state index in [2.05, 4.69) is 6.92 Å².